The average molecular weight is 1230 g/mol. The van der Waals surface area contributed by atoms with Gasteiger partial charge >= 0.3 is 0 Å². The first-order valence-corrected chi connectivity index (χ1v) is 29.2. The van der Waals surface area contributed by atoms with Gasteiger partial charge in [-0.15, -0.1) is 15.3 Å². The third kappa shape index (κ3) is 12.2. The van der Waals surface area contributed by atoms with Crippen LogP contribution >= 0.6 is 0 Å². The number of sulfone groups is 1. The lowest BCUT2D eigenvalue weighted by Gasteiger charge is -2.40. The maximum Gasteiger partial charge on any atom is 0.263 e. The summed E-state index contributed by atoms with van der Waals surface area (Å²) in [6.07, 6.45) is 17.2. The Morgan fingerprint density at radius 3 is 1.47 bits per heavy atom. The molecule has 0 spiro atoms. The van der Waals surface area contributed by atoms with Crippen LogP contribution in [0.4, 0.5) is 64.7 Å². The molecule has 88 heavy (non-hydrogen) atoms. The number of aryl methyl sites for hydroxylation is 1. The number of anilines is 9. The molecule has 0 unspecified atom stereocenters. The number of fused-ring (bicyclic) bond motifs is 4. The van der Waals surface area contributed by atoms with Gasteiger partial charge < -0.3 is 57.7 Å². The molecule has 9 aromatic heterocycles. The molecule has 1 atom stereocenters. The first-order chi connectivity index (χ1) is 42.2. The molecule has 5 amide bonds. The Morgan fingerprint density at radius 1 is 0.568 bits per heavy atom. The van der Waals surface area contributed by atoms with E-state index >= 15 is 0 Å². The highest BCUT2D eigenvalue weighted by Crippen LogP contribution is 2.35. The fraction of sp³-hybridized carbons (Fsp3) is 0.296. The van der Waals surface area contributed by atoms with Crippen LogP contribution < -0.4 is 47.9 Å². The van der Waals surface area contributed by atoms with Gasteiger partial charge in [0.1, 0.15) is 16.7 Å². The van der Waals surface area contributed by atoms with Gasteiger partial charge in [0.15, 0.2) is 61.7 Å². The number of nitrogens with two attached hydrogens (primary N) is 3. The Balaban J connectivity index is 0.000000137. The number of carbonyl (C=O) groups excluding carboxylic acids is 5. The minimum Gasteiger partial charge on any atom is -0.381 e. The third-order valence-electron chi connectivity index (χ3n) is 15.1. The number of amides is 5. The number of piperazine rings is 2. The van der Waals surface area contributed by atoms with Gasteiger partial charge in [-0.1, -0.05) is 0 Å². The van der Waals surface area contributed by atoms with Crippen molar-refractivity contribution < 1.29 is 45.6 Å². The first-order valence-electron chi connectivity index (χ1n) is 27.3. The summed E-state index contributed by atoms with van der Waals surface area (Å²) in [5.41, 5.74) is 22.8. The topological polar surface area (TPSA) is 379 Å². The summed E-state index contributed by atoms with van der Waals surface area (Å²) < 4.78 is 66.8. The van der Waals surface area contributed by atoms with E-state index in [1.807, 2.05) is 16.7 Å². The molecule has 4 aliphatic rings. The molecule has 13 heterocycles. The van der Waals surface area contributed by atoms with Gasteiger partial charge in [-0.25, -0.2) is 50.1 Å². The lowest BCUT2D eigenvalue weighted by atomic mass is 10.1. The van der Waals surface area contributed by atoms with E-state index in [1.165, 1.54) is 6.20 Å². The van der Waals surface area contributed by atoms with Crippen molar-refractivity contribution in [3.63, 3.8) is 0 Å². The molecular weight excluding hydrogens is 1170 g/mol. The summed E-state index contributed by atoms with van der Waals surface area (Å²) in [7, 11) is -3.04. The van der Waals surface area contributed by atoms with Crippen LogP contribution in [0.25, 0.3) is 16.9 Å². The van der Waals surface area contributed by atoms with E-state index in [4.69, 9.17) is 17.2 Å². The number of rotatable bonds is 9. The molecule has 30 nitrogen and oxygen atoms in total. The molecule has 0 radical (unpaired) electrons. The van der Waals surface area contributed by atoms with Crippen LogP contribution in [-0.4, -0.2) is 183 Å². The second-order valence-corrected chi connectivity index (χ2v) is 23.1. The second-order valence-electron chi connectivity index (χ2n) is 20.8. The molecule has 13 rings (SSSR count). The van der Waals surface area contributed by atoms with Crippen LogP contribution in [0.2, 0.25) is 0 Å². The van der Waals surface area contributed by atoms with Gasteiger partial charge in [0.05, 0.1) is 101 Å². The smallest absolute Gasteiger partial charge is 0.263 e. The molecule has 456 valence electrons. The lowest BCUT2D eigenvalue weighted by molar-refractivity contribution is -0.130. The number of nitrogens with zero attached hydrogens (tertiary/aromatic N) is 17. The van der Waals surface area contributed by atoms with Crippen molar-refractivity contribution >= 4 is 108 Å². The first kappa shape index (κ1) is 59.0. The standard InChI is InChI=1S/C20H21FN8O2.C18H19FN8O2.C16H16FN7O3S/c1-11-6-23-8-14(17(11)27-4-5-28-13(10-27)2-3-15(28)30)25-20(31)16-18(22)26-29-9-12(21)7-24-19(16)29;1-11(28)25-4-6-26(7-5-25)14-2-3-21-9-13(14)23-18(29)15-16(20)24-27-10-12(19)8-22-17(15)27;17-10-7-20-15-13(14(18)22-24(15)9-10)16(25)21-11-8-19-2-1-12(11)23-3-5-28(26,27)6-4-23/h6-9,13H,2-5,10H2,1H3,(H2,22,26)(H,25,31);2-3,8-10H,4-7H2,1H3,(H2,20,24)(H,23,29);1-2,7-9H,3-6H2,(H2,18,22)(H,21,25)/t13-;;/m1../s1. The quantitative estimate of drug-likeness (QED) is 0.121. The molecule has 0 aliphatic carbocycles. The van der Waals surface area contributed by atoms with Gasteiger partial charge in [0.25, 0.3) is 17.7 Å². The summed E-state index contributed by atoms with van der Waals surface area (Å²) >= 11 is 0. The fourth-order valence-corrected chi connectivity index (χ4v) is 12.1. The minimum atomic E-state index is -3.04. The summed E-state index contributed by atoms with van der Waals surface area (Å²) in [6.45, 7) is 8.57. The molecule has 0 saturated carbocycles. The van der Waals surface area contributed by atoms with Gasteiger partial charge in [0, 0.05) is 96.9 Å². The van der Waals surface area contributed by atoms with E-state index < -0.39 is 45.0 Å². The molecule has 9 N–H and O–H groups in total. The predicted octanol–water partition coefficient (Wildman–Crippen LogP) is 2.32. The van der Waals surface area contributed by atoms with Crippen molar-refractivity contribution in [2.24, 2.45) is 0 Å². The molecule has 9 aromatic rings. The van der Waals surface area contributed by atoms with Crippen LogP contribution in [0.3, 0.4) is 0 Å². The molecular formula is C54H56F3N23O7S. The molecule has 0 bridgehead atoms. The zero-order valence-electron chi connectivity index (χ0n) is 47.1. The molecule has 4 saturated heterocycles. The minimum absolute atomic E-state index is 0.0102. The van der Waals surface area contributed by atoms with Crippen LogP contribution in [-0.2, 0) is 19.4 Å². The summed E-state index contributed by atoms with van der Waals surface area (Å²) in [4.78, 5) is 96.3. The fourth-order valence-electron chi connectivity index (χ4n) is 10.9. The maximum absolute atomic E-state index is 13.4. The summed E-state index contributed by atoms with van der Waals surface area (Å²) in [5.74, 6) is -3.26. The highest BCUT2D eigenvalue weighted by atomic mass is 32.2. The van der Waals surface area contributed by atoms with E-state index in [-0.39, 0.29) is 80.4 Å². The second kappa shape index (κ2) is 24.3. The van der Waals surface area contributed by atoms with Gasteiger partial charge in [0.2, 0.25) is 11.8 Å². The molecule has 34 heteroatoms. The number of nitrogens with one attached hydrogen (secondary N) is 3. The Morgan fingerprint density at radius 2 is 1.00 bits per heavy atom. The normalized spacial score (nSPS) is 16.4. The van der Waals surface area contributed by atoms with E-state index in [2.05, 4.69) is 71.0 Å². The average Bonchev–Trinajstić information content (AvgIpc) is 3.85. The monoisotopic (exact) mass is 1230 g/mol. The SMILES string of the molecule is CC(=O)N1CCN(c2ccncc2NC(=O)c2c(N)nn3cc(F)cnc23)CC1.Cc1cncc(NC(=O)c2c(N)nn3cc(F)cnc23)c1N1CCN2C(=O)CC[C@@H]2C1.Nc1nn2cc(F)cnc2c1C(=O)Nc1cnccc1N1CCS(=O)(=O)CC1. The van der Waals surface area contributed by atoms with Crippen LogP contribution in [0, 0.1) is 24.4 Å². The number of aromatic nitrogens is 12. The number of pyridine rings is 3. The highest BCUT2D eigenvalue weighted by molar-refractivity contribution is 7.91. The van der Waals surface area contributed by atoms with E-state index in [0.717, 1.165) is 74.1 Å². The zero-order valence-corrected chi connectivity index (χ0v) is 47.9. The number of nitrogen functional groups attached to an aromatic ring is 3. The van der Waals surface area contributed by atoms with Gasteiger partial charge in [-0.2, -0.15) is 0 Å². The van der Waals surface area contributed by atoms with E-state index in [9.17, 15) is 45.6 Å². The van der Waals surface area contributed by atoms with Crippen molar-refractivity contribution in [3.8, 4) is 0 Å². The van der Waals surface area contributed by atoms with Crippen molar-refractivity contribution in [1.29, 1.82) is 0 Å². The highest BCUT2D eigenvalue weighted by Gasteiger charge is 2.37. The lowest BCUT2D eigenvalue weighted by Crippen LogP contribution is -2.51. The Hall–Kier alpha value is -10.8. The van der Waals surface area contributed by atoms with Crippen molar-refractivity contribution in [2.75, 3.05) is 118 Å². The molecule has 4 fully saturated rings. The zero-order chi connectivity index (χ0) is 62.1. The Labute approximate surface area is 497 Å². The van der Waals surface area contributed by atoms with Crippen LogP contribution in [0.15, 0.2) is 86.5 Å². The molecule has 4 aliphatic heterocycles. The largest absolute Gasteiger partial charge is 0.381 e. The number of hydrogen-bond donors (Lipinski definition) is 6. The third-order valence-corrected chi connectivity index (χ3v) is 16.7. The molecule has 0 aromatic carbocycles. The number of halogens is 3. The van der Waals surface area contributed by atoms with Gasteiger partial charge in [-0.05, 0) is 31.0 Å². The van der Waals surface area contributed by atoms with E-state index in [0.29, 0.717) is 88.1 Å². The van der Waals surface area contributed by atoms with Crippen molar-refractivity contribution in [3.05, 3.63) is 126 Å². The van der Waals surface area contributed by atoms with Gasteiger partial charge in [-0.3, -0.25) is 38.9 Å². The van der Waals surface area contributed by atoms with Crippen LogP contribution in [0.1, 0.15) is 56.4 Å². The number of hydrogen-bond acceptors (Lipinski definition) is 22. The van der Waals surface area contributed by atoms with Crippen LogP contribution in [0.5, 0.6) is 0 Å². The summed E-state index contributed by atoms with van der Waals surface area (Å²) in [6, 6.07) is 3.67. The van der Waals surface area contributed by atoms with Crippen molar-refractivity contribution in [1.82, 2.24) is 68.5 Å². The Kier molecular flexibility index (Phi) is 16.3. The summed E-state index contributed by atoms with van der Waals surface area (Å²) in [5, 5.41) is 20.2. The number of carbonyl (C=O) groups is 5. The maximum atomic E-state index is 13.4. The van der Waals surface area contributed by atoms with Crippen molar-refractivity contribution in [2.45, 2.75) is 32.7 Å². The Bertz CT molecular complexity index is 4330. The van der Waals surface area contributed by atoms with E-state index in [1.54, 1.807) is 54.9 Å². The predicted molar refractivity (Wildman–Crippen MR) is 316 cm³/mol.